The maximum absolute atomic E-state index is 11.8. The van der Waals surface area contributed by atoms with E-state index < -0.39 is 0 Å². The van der Waals surface area contributed by atoms with E-state index in [9.17, 15) is 9.59 Å². The van der Waals surface area contributed by atoms with Gasteiger partial charge in [-0.25, -0.2) is 0 Å². The lowest BCUT2D eigenvalue weighted by molar-refractivity contribution is 0.100. The molecule has 2 aromatic heterocycles. The van der Waals surface area contributed by atoms with Crippen molar-refractivity contribution >= 4 is 17.4 Å². The Morgan fingerprint density at radius 1 is 1.11 bits per heavy atom. The van der Waals surface area contributed by atoms with Gasteiger partial charge in [0.25, 0.3) is 5.91 Å². The summed E-state index contributed by atoms with van der Waals surface area (Å²) < 4.78 is 0. The first kappa shape index (κ1) is 11.9. The quantitative estimate of drug-likeness (QED) is 0.833. The minimum absolute atomic E-state index is 0.0800. The third kappa shape index (κ3) is 2.76. The largest absolute Gasteiger partial charge is 0.321 e. The molecule has 5 heteroatoms. The fraction of sp³-hybridized carbons (Fsp3) is 0.0769. The van der Waals surface area contributed by atoms with Gasteiger partial charge in [-0.2, -0.15) is 0 Å². The standard InChI is InChI=1S/C13H11N3O2/c1-9(17)10-2-3-12(15-8-10)13(18)16-11-4-6-14-7-5-11/h2-8H,1H3,(H,14,16,18). The molecule has 0 bridgehead atoms. The number of ketones is 1. The monoisotopic (exact) mass is 241 g/mol. The van der Waals surface area contributed by atoms with Crippen LogP contribution in [0.4, 0.5) is 5.69 Å². The normalized spacial score (nSPS) is 9.83. The van der Waals surface area contributed by atoms with Crippen LogP contribution < -0.4 is 5.32 Å². The van der Waals surface area contributed by atoms with E-state index in [1.54, 1.807) is 30.6 Å². The third-order valence-corrected chi connectivity index (χ3v) is 2.34. The second-order valence-corrected chi connectivity index (χ2v) is 3.68. The lowest BCUT2D eigenvalue weighted by atomic mass is 10.2. The topological polar surface area (TPSA) is 72.0 Å². The van der Waals surface area contributed by atoms with E-state index in [4.69, 9.17) is 0 Å². The Labute approximate surface area is 104 Å². The van der Waals surface area contributed by atoms with Gasteiger partial charge >= 0.3 is 0 Å². The van der Waals surface area contributed by atoms with Gasteiger partial charge in [0, 0.05) is 29.8 Å². The molecule has 0 aliphatic carbocycles. The highest BCUT2D eigenvalue weighted by molar-refractivity contribution is 6.03. The Morgan fingerprint density at radius 3 is 2.39 bits per heavy atom. The summed E-state index contributed by atoms with van der Waals surface area (Å²) in [7, 11) is 0. The van der Waals surface area contributed by atoms with Gasteiger partial charge in [0.2, 0.25) is 0 Å². The minimum atomic E-state index is -0.323. The first-order valence-corrected chi connectivity index (χ1v) is 5.35. The second-order valence-electron chi connectivity index (χ2n) is 3.68. The summed E-state index contributed by atoms with van der Waals surface area (Å²) in [5.74, 6) is -0.403. The first-order valence-electron chi connectivity index (χ1n) is 5.35. The van der Waals surface area contributed by atoms with Crippen molar-refractivity contribution in [2.45, 2.75) is 6.92 Å². The minimum Gasteiger partial charge on any atom is -0.321 e. The lowest BCUT2D eigenvalue weighted by Crippen LogP contribution is -2.13. The molecule has 2 aromatic rings. The summed E-state index contributed by atoms with van der Waals surface area (Å²) in [5.41, 5.74) is 1.39. The van der Waals surface area contributed by atoms with E-state index in [1.165, 1.54) is 19.2 Å². The Balaban J connectivity index is 2.12. The van der Waals surface area contributed by atoms with Gasteiger partial charge in [-0.3, -0.25) is 19.6 Å². The van der Waals surface area contributed by atoms with E-state index in [1.807, 2.05) is 0 Å². The van der Waals surface area contributed by atoms with Crippen LogP contribution in [0, 0.1) is 0 Å². The summed E-state index contributed by atoms with van der Waals surface area (Å²) in [4.78, 5) is 30.7. The fourth-order valence-corrected chi connectivity index (χ4v) is 1.37. The predicted molar refractivity (Wildman–Crippen MR) is 66.4 cm³/mol. The highest BCUT2D eigenvalue weighted by Crippen LogP contribution is 2.07. The van der Waals surface area contributed by atoms with Crippen molar-refractivity contribution in [1.29, 1.82) is 0 Å². The maximum Gasteiger partial charge on any atom is 0.274 e. The summed E-state index contributed by atoms with van der Waals surface area (Å²) in [5, 5.41) is 2.68. The van der Waals surface area contributed by atoms with E-state index in [2.05, 4.69) is 15.3 Å². The Kier molecular flexibility index (Phi) is 3.43. The van der Waals surface area contributed by atoms with Crippen LogP contribution in [0.25, 0.3) is 0 Å². The molecule has 5 nitrogen and oxygen atoms in total. The van der Waals surface area contributed by atoms with Crippen molar-refractivity contribution < 1.29 is 9.59 Å². The number of amides is 1. The van der Waals surface area contributed by atoms with Crippen molar-refractivity contribution in [3.63, 3.8) is 0 Å². The molecule has 0 radical (unpaired) electrons. The molecule has 0 aromatic carbocycles. The van der Waals surface area contributed by atoms with Crippen LogP contribution in [-0.2, 0) is 0 Å². The molecule has 1 N–H and O–H groups in total. The van der Waals surface area contributed by atoms with E-state index in [0.29, 0.717) is 11.3 Å². The molecule has 0 aliphatic heterocycles. The molecule has 0 atom stereocenters. The number of rotatable bonds is 3. The number of nitrogens with one attached hydrogen (secondary N) is 1. The summed E-state index contributed by atoms with van der Waals surface area (Å²) in [6, 6.07) is 6.47. The molecule has 0 saturated heterocycles. The van der Waals surface area contributed by atoms with E-state index >= 15 is 0 Å². The lowest BCUT2D eigenvalue weighted by Gasteiger charge is -2.04. The highest BCUT2D eigenvalue weighted by Gasteiger charge is 2.08. The van der Waals surface area contributed by atoms with Crippen LogP contribution in [-0.4, -0.2) is 21.7 Å². The summed E-state index contributed by atoms with van der Waals surface area (Å²) in [6.07, 6.45) is 4.56. The molecule has 0 spiro atoms. The van der Waals surface area contributed by atoms with Crippen LogP contribution in [0.3, 0.4) is 0 Å². The number of aromatic nitrogens is 2. The molecule has 2 rings (SSSR count). The number of carbonyl (C=O) groups is 2. The molecule has 0 unspecified atom stereocenters. The SMILES string of the molecule is CC(=O)c1ccc(C(=O)Nc2ccncc2)nc1. The van der Waals surface area contributed by atoms with Gasteiger partial charge in [-0.05, 0) is 31.2 Å². The van der Waals surface area contributed by atoms with Crippen LogP contribution in [0.5, 0.6) is 0 Å². The first-order chi connectivity index (χ1) is 8.66. The van der Waals surface area contributed by atoms with Gasteiger partial charge in [0.05, 0.1) is 0 Å². The molecule has 0 aliphatic rings. The van der Waals surface area contributed by atoms with Crippen molar-refractivity contribution in [2.24, 2.45) is 0 Å². The van der Waals surface area contributed by atoms with Gasteiger partial charge in [-0.1, -0.05) is 0 Å². The van der Waals surface area contributed by atoms with E-state index in [0.717, 1.165) is 0 Å². The van der Waals surface area contributed by atoms with Crippen molar-refractivity contribution in [1.82, 2.24) is 9.97 Å². The molecular weight excluding hydrogens is 230 g/mol. The Hall–Kier alpha value is -2.56. The van der Waals surface area contributed by atoms with Gasteiger partial charge in [-0.15, -0.1) is 0 Å². The molecule has 18 heavy (non-hydrogen) atoms. The van der Waals surface area contributed by atoms with Gasteiger partial charge in [0.1, 0.15) is 5.69 Å². The fourth-order valence-electron chi connectivity index (χ4n) is 1.37. The molecule has 1 amide bonds. The number of Topliss-reactive ketones (excluding diaryl/α,β-unsaturated/α-hetero) is 1. The Bertz CT molecular complexity index is 565. The van der Waals surface area contributed by atoms with E-state index in [-0.39, 0.29) is 17.4 Å². The van der Waals surface area contributed by atoms with Crippen molar-refractivity contribution in [3.05, 3.63) is 54.1 Å². The number of anilines is 1. The maximum atomic E-state index is 11.8. The van der Waals surface area contributed by atoms with Gasteiger partial charge in [0.15, 0.2) is 5.78 Å². The van der Waals surface area contributed by atoms with Crippen LogP contribution in [0.2, 0.25) is 0 Å². The molecule has 0 fully saturated rings. The number of nitrogens with zero attached hydrogens (tertiary/aromatic N) is 2. The zero-order valence-electron chi connectivity index (χ0n) is 9.75. The molecule has 2 heterocycles. The number of carbonyl (C=O) groups excluding carboxylic acids is 2. The Morgan fingerprint density at radius 2 is 1.83 bits per heavy atom. The van der Waals surface area contributed by atoms with Crippen molar-refractivity contribution in [2.75, 3.05) is 5.32 Å². The molecular formula is C13H11N3O2. The smallest absolute Gasteiger partial charge is 0.274 e. The zero-order valence-corrected chi connectivity index (χ0v) is 9.75. The number of hydrogen-bond acceptors (Lipinski definition) is 4. The second kappa shape index (κ2) is 5.18. The number of hydrogen-bond donors (Lipinski definition) is 1. The zero-order chi connectivity index (χ0) is 13.0. The average Bonchev–Trinajstić information content (AvgIpc) is 2.40. The van der Waals surface area contributed by atoms with Crippen LogP contribution in [0.1, 0.15) is 27.8 Å². The highest BCUT2D eigenvalue weighted by atomic mass is 16.2. The van der Waals surface area contributed by atoms with Crippen molar-refractivity contribution in [3.8, 4) is 0 Å². The van der Waals surface area contributed by atoms with Crippen LogP contribution in [0.15, 0.2) is 42.9 Å². The average molecular weight is 241 g/mol. The van der Waals surface area contributed by atoms with Gasteiger partial charge < -0.3 is 5.32 Å². The summed E-state index contributed by atoms with van der Waals surface area (Å²) in [6.45, 7) is 1.45. The number of pyridine rings is 2. The molecule has 90 valence electrons. The summed E-state index contributed by atoms with van der Waals surface area (Å²) >= 11 is 0. The predicted octanol–water partition coefficient (Wildman–Crippen LogP) is 1.93. The third-order valence-electron chi connectivity index (χ3n) is 2.34. The molecule has 0 saturated carbocycles. The van der Waals surface area contributed by atoms with Crippen LogP contribution >= 0.6 is 0 Å².